The SMILES string of the molecule is N#Cc1cccc(NCc2cc(Br)c(Br)s2)c1. The number of halogens is 2. The normalized spacial score (nSPS) is 9.94. The molecule has 2 rings (SSSR count). The second-order valence-electron chi connectivity index (χ2n) is 3.38. The first-order valence-corrected chi connectivity index (χ1v) is 7.27. The van der Waals surface area contributed by atoms with Crippen LogP contribution in [0.5, 0.6) is 0 Å². The Bertz CT molecular complexity index is 553. The molecule has 1 N–H and O–H groups in total. The van der Waals surface area contributed by atoms with Gasteiger partial charge in [0.1, 0.15) is 0 Å². The summed E-state index contributed by atoms with van der Waals surface area (Å²) in [6, 6.07) is 11.7. The van der Waals surface area contributed by atoms with E-state index in [-0.39, 0.29) is 0 Å². The molecule has 0 aliphatic heterocycles. The minimum atomic E-state index is 0.670. The van der Waals surface area contributed by atoms with Crippen LogP contribution < -0.4 is 5.32 Å². The molecule has 0 amide bonds. The second kappa shape index (κ2) is 5.67. The molecule has 0 bridgehead atoms. The van der Waals surface area contributed by atoms with E-state index in [1.54, 1.807) is 17.4 Å². The molecule has 0 fully saturated rings. The van der Waals surface area contributed by atoms with E-state index in [0.717, 1.165) is 20.5 Å². The molecule has 2 aromatic rings. The van der Waals surface area contributed by atoms with E-state index in [0.29, 0.717) is 5.56 Å². The van der Waals surface area contributed by atoms with Crippen molar-refractivity contribution in [3.8, 4) is 6.07 Å². The van der Waals surface area contributed by atoms with Crippen LogP contribution in [0.1, 0.15) is 10.4 Å². The van der Waals surface area contributed by atoms with Crippen LogP contribution in [-0.4, -0.2) is 0 Å². The number of nitriles is 1. The molecular formula is C12H8Br2N2S. The fourth-order valence-corrected chi connectivity index (χ4v) is 3.48. The zero-order chi connectivity index (χ0) is 12.3. The smallest absolute Gasteiger partial charge is 0.0992 e. The highest BCUT2D eigenvalue weighted by Gasteiger charge is 2.03. The van der Waals surface area contributed by atoms with Gasteiger partial charge in [-0.3, -0.25) is 0 Å². The van der Waals surface area contributed by atoms with Crippen molar-refractivity contribution in [1.29, 1.82) is 5.26 Å². The van der Waals surface area contributed by atoms with Gasteiger partial charge in [0.25, 0.3) is 0 Å². The lowest BCUT2D eigenvalue weighted by Gasteiger charge is -2.04. The third-order valence-corrected chi connectivity index (χ3v) is 5.41. The van der Waals surface area contributed by atoms with Gasteiger partial charge in [0.05, 0.1) is 15.4 Å². The molecule has 0 spiro atoms. The number of hydrogen-bond acceptors (Lipinski definition) is 3. The molecule has 1 aromatic carbocycles. The van der Waals surface area contributed by atoms with Crippen LogP contribution in [0.4, 0.5) is 5.69 Å². The maximum Gasteiger partial charge on any atom is 0.0992 e. The van der Waals surface area contributed by atoms with Crippen molar-refractivity contribution < 1.29 is 0 Å². The van der Waals surface area contributed by atoms with Gasteiger partial charge >= 0.3 is 0 Å². The van der Waals surface area contributed by atoms with Crippen molar-refractivity contribution in [2.24, 2.45) is 0 Å². The van der Waals surface area contributed by atoms with Gasteiger partial charge in [-0.1, -0.05) is 6.07 Å². The van der Waals surface area contributed by atoms with Crippen LogP contribution in [-0.2, 0) is 6.54 Å². The summed E-state index contributed by atoms with van der Waals surface area (Å²) in [5, 5.41) is 12.1. The Morgan fingerprint density at radius 3 is 2.76 bits per heavy atom. The van der Waals surface area contributed by atoms with E-state index >= 15 is 0 Å². The highest BCUT2D eigenvalue weighted by Crippen LogP contribution is 2.32. The van der Waals surface area contributed by atoms with Crippen LogP contribution in [0, 0.1) is 11.3 Å². The average Bonchev–Trinajstić information content (AvgIpc) is 2.67. The number of rotatable bonds is 3. The highest BCUT2D eigenvalue weighted by atomic mass is 79.9. The molecule has 0 saturated heterocycles. The third kappa shape index (κ3) is 3.32. The van der Waals surface area contributed by atoms with Crippen LogP contribution in [0.25, 0.3) is 0 Å². The zero-order valence-corrected chi connectivity index (χ0v) is 12.7. The minimum absolute atomic E-state index is 0.670. The van der Waals surface area contributed by atoms with Gasteiger partial charge in [0.15, 0.2) is 0 Å². The Balaban J connectivity index is 2.05. The Morgan fingerprint density at radius 1 is 1.29 bits per heavy atom. The molecule has 86 valence electrons. The molecule has 1 aromatic heterocycles. The van der Waals surface area contributed by atoms with Crippen molar-refractivity contribution in [1.82, 2.24) is 0 Å². The fraction of sp³-hybridized carbons (Fsp3) is 0.0833. The Morgan fingerprint density at radius 2 is 2.12 bits per heavy atom. The van der Waals surface area contributed by atoms with Crippen molar-refractivity contribution >= 4 is 48.9 Å². The van der Waals surface area contributed by atoms with Gasteiger partial charge in [-0.15, -0.1) is 11.3 Å². The van der Waals surface area contributed by atoms with Gasteiger partial charge in [-0.05, 0) is 56.1 Å². The third-order valence-electron chi connectivity index (χ3n) is 2.15. The van der Waals surface area contributed by atoms with Gasteiger partial charge < -0.3 is 5.32 Å². The van der Waals surface area contributed by atoms with Crippen LogP contribution in [0.15, 0.2) is 38.6 Å². The molecule has 0 saturated carbocycles. The summed E-state index contributed by atoms with van der Waals surface area (Å²) >= 11 is 8.61. The van der Waals surface area contributed by atoms with Crippen molar-refractivity contribution in [2.75, 3.05) is 5.32 Å². The van der Waals surface area contributed by atoms with E-state index in [2.05, 4.69) is 49.3 Å². The lowest BCUT2D eigenvalue weighted by atomic mass is 10.2. The second-order valence-corrected chi connectivity index (χ2v) is 6.69. The molecular weight excluding hydrogens is 364 g/mol. The summed E-state index contributed by atoms with van der Waals surface area (Å²) in [5.41, 5.74) is 1.63. The maximum atomic E-state index is 8.80. The van der Waals surface area contributed by atoms with E-state index in [9.17, 15) is 0 Å². The molecule has 1 heterocycles. The zero-order valence-electron chi connectivity index (χ0n) is 8.71. The molecule has 0 unspecified atom stereocenters. The van der Waals surface area contributed by atoms with Gasteiger partial charge in [-0.25, -0.2) is 0 Å². The van der Waals surface area contributed by atoms with Gasteiger partial charge in [0, 0.05) is 21.6 Å². The van der Waals surface area contributed by atoms with Crippen LogP contribution in [0.2, 0.25) is 0 Å². The fourth-order valence-electron chi connectivity index (χ4n) is 1.37. The topological polar surface area (TPSA) is 35.8 Å². The molecule has 0 atom stereocenters. The summed E-state index contributed by atoms with van der Waals surface area (Å²) in [6.45, 7) is 0.754. The van der Waals surface area contributed by atoms with Gasteiger partial charge in [0.2, 0.25) is 0 Å². The molecule has 2 nitrogen and oxygen atoms in total. The molecule has 17 heavy (non-hydrogen) atoms. The van der Waals surface area contributed by atoms with E-state index in [4.69, 9.17) is 5.26 Å². The van der Waals surface area contributed by atoms with Gasteiger partial charge in [-0.2, -0.15) is 5.26 Å². The number of benzene rings is 1. The van der Waals surface area contributed by atoms with Crippen molar-refractivity contribution in [2.45, 2.75) is 6.54 Å². The van der Waals surface area contributed by atoms with Crippen molar-refractivity contribution in [3.63, 3.8) is 0 Å². The number of thiophene rings is 1. The largest absolute Gasteiger partial charge is 0.380 e. The molecule has 0 aliphatic rings. The minimum Gasteiger partial charge on any atom is -0.380 e. The maximum absolute atomic E-state index is 8.80. The van der Waals surface area contributed by atoms with Crippen LogP contribution in [0.3, 0.4) is 0 Å². The summed E-state index contributed by atoms with van der Waals surface area (Å²) in [5.74, 6) is 0. The van der Waals surface area contributed by atoms with Crippen molar-refractivity contribution in [3.05, 3.63) is 49.0 Å². The Labute approximate surface area is 121 Å². The first kappa shape index (κ1) is 12.6. The summed E-state index contributed by atoms with van der Waals surface area (Å²) < 4.78 is 2.17. The number of hydrogen-bond donors (Lipinski definition) is 1. The monoisotopic (exact) mass is 370 g/mol. The summed E-state index contributed by atoms with van der Waals surface area (Å²) in [7, 11) is 0. The number of anilines is 1. The van der Waals surface area contributed by atoms with E-state index < -0.39 is 0 Å². The first-order chi connectivity index (χ1) is 8.19. The van der Waals surface area contributed by atoms with E-state index in [1.807, 2.05) is 18.2 Å². The predicted octanol–water partition coefficient (Wildman–Crippen LogP) is 4.76. The number of nitrogens with zero attached hydrogens (tertiary/aromatic N) is 1. The molecule has 5 heteroatoms. The quantitative estimate of drug-likeness (QED) is 0.844. The Kier molecular flexibility index (Phi) is 4.21. The first-order valence-electron chi connectivity index (χ1n) is 4.87. The summed E-state index contributed by atoms with van der Waals surface area (Å²) in [4.78, 5) is 1.23. The lowest BCUT2D eigenvalue weighted by molar-refractivity contribution is 1.19. The molecule has 0 radical (unpaired) electrons. The molecule has 0 aliphatic carbocycles. The van der Waals surface area contributed by atoms with Crippen LogP contribution >= 0.6 is 43.2 Å². The predicted molar refractivity (Wildman–Crippen MR) is 78.2 cm³/mol. The Hall–Kier alpha value is -0.830. The van der Waals surface area contributed by atoms with E-state index in [1.165, 1.54) is 4.88 Å². The average molecular weight is 372 g/mol. The highest BCUT2D eigenvalue weighted by molar-refractivity contribution is 9.13. The number of nitrogens with one attached hydrogen (secondary N) is 1. The summed E-state index contributed by atoms with van der Waals surface area (Å²) in [6.07, 6.45) is 0. The lowest BCUT2D eigenvalue weighted by Crippen LogP contribution is -1.97. The standard InChI is InChI=1S/C12H8Br2N2S/c13-11-5-10(17-12(11)14)7-16-9-3-1-2-8(4-9)6-15/h1-5,16H,7H2.